The molecule has 0 bridgehead atoms. The molecule has 0 aromatic rings. The van der Waals surface area contributed by atoms with Crippen molar-refractivity contribution in [2.75, 3.05) is 26.4 Å². The van der Waals surface area contributed by atoms with Gasteiger partial charge in [-0.1, -0.05) is 19.8 Å². The van der Waals surface area contributed by atoms with Crippen molar-refractivity contribution < 1.29 is 19.3 Å². The van der Waals surface area contributed by atoms with Crippen LogP contribution in [0.3, 0.4) is 0 Å². The summed E-state index contributed by atoms with van der Waals surface area (Å²) < 4.78 is 15.2. The fourth-order valence-corrected chi connectivity index (χ4v) is 1.15. The van der Waals surface area contributed by atoms with Gasteiger partial charge in [0.05, 0.1) is 6.61 Å². The minimum absolute atomic E-state index is 0.0521. The van der Waals surface area contributed by atoms with Crippen LogP contribution in [0.15, 0.2) is 0 Å². The van der Waals surface area contributed by atoms with Crippen molar-refractivity contribution in [3.05, 3.63) is 0 Å². The molecule has 91 valence electrons. The Hall–Kier alpha value is -0.160. The summed E-state index contributed by atoms with van der Waals surface area (Å²) in [5.41, 5.74) is 0. The summed E-state index contributed by atoms with van der Waals surface area (Å²) in [7, 11) is 0. The van der Waals surface area contributed by atoms with E-state index in [9.17, 15) is 5.11 Å². The summed E-state index contributed by atoms with van der Waals surface area (Å²) in [5, 5.41) is 11.9. The number of hydrogen-bond donors (Lipinski definition) is 0. The average molecular weight is 219 g/mol. The van der Waals surface area contributed by atoms with Gasteiger partial charge in [-0.3, -0.25) is 0 Å². The third-order valence-electron chi connectivity index (χ3n) is 1.92. The monoisotopic (exact) mass is 219 g/mol. The van der Waals surface area contributed by atoms with Crippen LogP contribution in [0, 0.1) is 0 Å². The van der Waals surface area contributed by atoms with Gasteiger partial charge >= 0.3 is 5.97 Å². The van der Waals surface area contributed by atoms with Crippen molar-refractivity contribution >= 4 is 0 Å². The van der Waals surface area contributed by atoms with E-state index in [1.807, 2.05) is 6.92 Å². The standard InChI is InChI=1S/C11H23O4/c1-4-7-8-9-15-11(12,14-6-3)10-13-5-2/h4-10H2,1-3H3. The van der Waals surface area contributed by atoms with Gasteiger partial charge in [0.1, 0.15) is 6.61 Å². The van der Waals surface area contributed by atoms with Gasteiger partial charge in [-0.2, -0.15) is 5.11 Å². The van der Waals surface area contributed by atoms with Gasteiger partial charge < -0.3 is 14.2 Å². The molecular formula is C11H23O4. The molecular weight excluding hydrogens is 196 g/mol. The van der Waals surface area contributed by atoms with Crippen LogP contribution in [-0.4, -0.2) is 32.4 Å². The highest BCUT2D eigenvalue weighted by Crippen LogP contribution is 2.12. The molecule has 0 aliphatic carbocycles. The second-order valence-electron chi connectivity index (χ2n) is 3.31. The largest absolute Gasteiger partial charge is 0.373 e. The maximum atomic E-state index is 11.9. The van der Waals surface area contributed by atoms with Crippen LogP contribution in [0.1, 0.15) is 40.0 Å². The van der Waals surface area contributed by atoms with E-state index < -0.39 is 5.97 Å². The SMILES string of the molecule is CCCCCOC([O])(COCC)OCC. The highest BCUT2D eigenvalue weighted by molar-refractivity contribution is 4.52. The Morgan fingerprint density at radius 2 is 1.73 bits per heavy atom. The molecule has 0 N–H and O–H groups in total. The zero-order valence-corrected chi connectivity index (χ0v) is 10.1. The number of ether oxygens (including phenoxy) is 3. The summed E-state index contributed by atoms with van der Waals surface area (Å²) in [6, 6.07) is 0. The van der Waals surface area contributed by atoms with Crippen molar-refractivity contribution in [3.8, 4) is 0 Å². The van der Waals surface area contributed by atoms with E-state index in [4.69, 9.17) is 14.2 Å². The molecule has 0 rings (SSSR count). The van der Waals surface area contributed by atoms with E-state index in [0.29, 0.717) is 19.8 Å². The Kier molecular flexibility index (Phi) is 9.00. The van der Waals surface area contributed by atoms with Gasteiger partial charge in [0.2, 0.25) is 0 Å². The molecule has 0 fully saturated rings. The third-order valence-corrected chi connectivity index (χ3v) is 1.92. The maximum absolute atomic E-state index is 11.9. The summed E-state index contributed by atoms with van der Waals surface area (Å²) in [6.07, 6.45) is 3.06. The molecule has 0 saturated heterocycles. The second-order valence-corrected chi connectivity index (χ2v) is 3.31. The molecule has 1 atom stereocenters. The van der Waals surface area contributed by atoms with Gasteiger partial charge in [0.15, 0.2) is 0 Å². The molecule has 0 aliphatic rings. The first-order valence-corrected chi connectivity index (χ1v) is 5.74. The molecule has 0 aromatic carbocycles. The number of rotatable bonds is 10. The fourth-order valence-electron chi connectivity index (χ4n) is 1.15. The molecule has 4 heteroatoms. The lowest BCUT2D eigenvalue weighted by Gasteiger charge is -2.24. The highest BCUT2D eigenvalue weighted by Gasteiger charge is 2.31. The van der Waals surface area contributed by atoms with Crippen LogP contribution in [0.25, 0.3) is 0 Å². The fraction of sp³-hybridized carbons (Fsp3) is 1.00. The van der Waals surface area contributed by atoms with Crippen LogP contribution < -0.4 is 0 Å². The Morgan fingerprint density at radius 3 is 2.27 bits per heavy atom. The number of hydrogen-bond acceptors (Lipinski definition) is 3. The molecule has 0 spiro atoms. The molecule has 0 aliphatic heterocycles. The van der Waals surface area contributed by atoms with E-state index in [1.165, 1.54) is 0 Å². The summed E-state index contributed by atoms with van der Waals surface area (Å²) in [5.74, 6) is -1.82. The van der Waals surface area contributed by atoms with Crippen molar-refractivity contribution in [2.45, 2.75) is 46.0 Å². The Bertz CT molecular complexity index is 141. The van der Waals surface area contributed by atoms with Gasteiger partial charge in [0, 0.05) is 13.2 Å². The van der Waals surface area contributed by atoms with E-state index in [2.05, 4.69) is 6.92 Å². The summed E-state index contributed by atoms with van der Waals surface area (Å²) >= 11 is 0. The molecule has 4 nitrogen and oxygen atoms in total. The van der Waals surface area contributed by atoms with Crippen LogP contribution >= 0.6 is 0 Å². The second kappa shape index (κ2) is 9.09. The van der Waals surface area contributed by atoms with E-state index in [-0.39, 0.29) is 6.61 Å². The minimum Gasteiger partial charge on any atom is -0.373 e. The van der Waals surface area contributed by atoms with Crippen LogP contribution in [-0.2, 0) is 19.3 Å². The first kappa shape index (κ1) is 14.8. The van der Waals surface area contributed by atoms with Gasteiger partial charge in [0.25, 0.3) is 0 Å². The lowest BCUT2D eigenvalue weighted by molar-refractivity contribution is -0.400. The summed E-state index contributed by atoms with van der Waals surface area (Å²) in [6.45, 7) is 6.93. The zero-order chi connectivity index (χ0) is 11.6. The zero-order valence-electron chi connectivity index (χ0n) is 10.1. The normalized spacial score (nSPS) is 15.2. The van der Waals surface area contributed by atoms with Crippen molar-refractivity contribution in [1.82, 2.24) is 0 Å². The first-order chi connectivity index (χ1) is 7.18. The lowest BCUT2D eigenvalue weighted by Crippen LogP contribution is -2.40. The molecule has 0 saturated carbocycles. The molecule has 1 radical (unpaired) electrons. The Balaban J connectivity index is 3.78. The van der Waals surface area contributed by atoms with E-state index in [0.717, 1.165) is 19.3 Å². The first-order valence-electron chi connectivity index (χ1n) is 5.74. The van der Waals surface area contributed by atoms with Crippen LogP contribution in [0.2, 0.25) is 0 Å². The van der Waals surface area contributed by atoms with Gasteiger partial charge in [-0.25, -0.2) is 0 Å². The number of unbranched alkanes of at least 4 members (excludes halogenated alkanes) is 2. The lowest BCUT2D eigenvalue weighted by atomic mass is 10.3. The predicted octanol–water partition coefficient (Wildman–Crippen LogP) is 2.35. The Labute approximate surface area is 92.5 Å². The molecule has 0 aromatic heterocycles. The van der Waals surface area contributed by atoms with E-state index in [1.54, 1.807) is 6.92 Å². The highest BCUT2D eigenvalue weighted by atomic mass is 16.8. The van der Waals surface area contributed by atoms with Gasteiger partial charge in [-0.05, 0) is 20.3 Å². The van der Waals surface area contributed by atoms with E-state index >= 15 is 0 Å². The van der Waals surface area contributed by atoms with Crippen molar-refractivity contribution in [1.29, 1.82) is 0 Å². The molecule has 15 heavy (non-hydrogen) atoms. The topological polar surface area (TPSA) is 47.6 Å². The minimum atomic E-state index is -1.82. The van der Waals surface area contributed by atoms with Gasteiger partial charge in [-0.15, -0.1) is 0 Å². The smallest absolute Gasteiger partial charge is 0.336 e. The predicted molar refractivity (Wildman–Crippen MR) is 57.0 cm³/mol. The quantitative estimate of drug-likeness (QED) is 0.418. The van der Waals surface area contributed by atoms with Crippen LogP contribution in [0.5, 0.6) is 0 Å². The molecule has 0 amide bonds. The summed E-state index contributed by atoms with van der Waals surface area (Å²) in [4.78, 5) is 0. The van der Waals surface area contributed by atoms with Crippen LogP contribution in [0.4, 0.5) is 0 Å². The average Bonchev–Trinajstić information content (AvgIpc) is 2.22. The van der Waals surface area contributed by atoms with Crippen molar-refractivity contribution in [2.24, 2.45) is 0 Å². The van der Waals surface area contributed by atoms with Crippen molar-refractivity contribution in [3.63, 3.8) is 0 Å². The molecule has 1 unspecified atom stereocenters. The molecule has 0 heterocycles. The maximum Gasteiger partial charge on any atom is 0.336 e. The Morgan fingerprint density at radius 1 is 1.00 bits per heavy atom. The third kappa shape index (κ3) is 7.73.